The summed E-state index contributed by atoms with van der Waals surface area (Å²) in [6.07, 6.45) is 1.33. The van der Waals surface area contributed by atoms with E-state index >= 15 is 0 Å². The first-order valence-corrected chi connectivity index (χ1v) is 11.8. The minimum atomic E-state index is -3.76. The van der Waals surface area contributed by atoms with Crippen molar-refractivity contribution >= 4 is 38.9 Å². The number of hydrogen-bond donors (Lipinski definition) is 3. The van der Waals surface area contributed by atoms with Crippen molar-refractivity contribution in [3.8, 4) is 5.75 Å². The lowest BCUT2D eigenvalue weighted by Gasteiger charge is -2.24. The van der Waals surface area contributed by atoms with Gasteiger partial charge in [-0.3, -0.25) is 4.79 Å². The Morgan fingerprint density at radius 2 is 1.77 bits per heavy atom. The topological polar surface area (TPSA) is 111 Å². The van der Waals surface area contributed by atoms with Crippen molar-refractivity contribution in [3.63, 3.8) is 0 Å². The fourth-order valence-corrected chi connectivity index (χ4v) is 3.56. The van der Waals surface area contributed by atoms with Crippen LogP contribution in [0.4, 0.5) is 5.69 Å². The summed E-state index contributed by atoms with van der Waals surface area (Å²) in [5.74, 6) is 0.652. The maximum atomic E-state index is 12.6. The largest absolute Gasteiger partial charge is 0.493 e. The molecule has 31 heavy (non-hydrogen) atoms. The van der Waals surface area contributed by atoms with Crippen LogP contribution in [0.1, 0.15) is 37.8 Å². The van der Waals surface area contributed by atoms with Crippen LogP contribution in [0.5, 0.6) is 5.75 Å². The molecule has 0 fully saturated rings. The lowest BCUT2D eigenvalue weighted by Crippen LogP contribution is -2.42. The Kier molecular flexibility index (Phi) is 8.16. The fourth-order valence-electron chi connectivity index (χ4n) is 2.84. The molecule has 0 radical (unpaired) electrons. The molecule has 7 nitrogen and oxygen atoms in total. The van der Waals surface area contributed by atoms with E-state index in [0.717, 1.165) is 16.9 Å². The molecule has 0 aliphatic rings. The fraction of sp³-hybridized carbons (Fsp3) is 0.364. The summed E-state index contributed by atoms with van der Waals surface area (Å²) in [5, 5.41) is 10.8. The van der Waals surface area contributed by atoms with Crippen LogP contribution in [0, 0.1) is 19.3 Å². The van der Waals surface area contributed by atoms with Crippen molar-refractivity contribution in [3.05, 3.63) is 53.6 Å². The second-order valence-corrected chi connectivity index (χ2v) is 10.1. The van der Waals surface area contributed by atoms with Crippen LogP contribution in [0.15, 0.2) is 47.4 Å². The van der Waals surface area contributed by atoms with E-state index in [9.17, 15) is 13.2 Å². The molecule has 1 amide bonds. The van der Waals surface area contributed by atoms with Crippen LogP contribution in [0.3, 0.4) is 0 Å². The number of aryl methyl sites for hydroxylation is 2. The molecule has 0 aliphatic heterocycles. The zero-order valence-corrected chi connectivity index (χ0v) is 19.8. The summed E-state index contributed by atoms with van der Waals surface area (Å²) in [7, 11) is -3.76. The molecule has 9 heteroatoms. The van der Waals surface area contributed by atoms with Crippen LogP contribution < -0.4 is 20.5 Å². The number of nitrogens with two attached hydrogens (primary N) is 1. The highest BCUT2D eigenvalue weighted by molar-refractivity contribution is 7.89. The van der Waals surface area contributed by atoms with Crippen LogP contribution in [-0.4, -0.2) is 26.0 Å². The number of hydrogen-bond acceptors (Lipinski definition) is 5. The van der Waals surface area contributed by atoms with Crippen molar-refractivity contribution in [1.29, 1.82) is 0 Å². The van der Waals surface area contributed by atoms with Gasteiger partial charge in [0.15, 0.2) is 5.11 Å². The molecule has 168 valence electrons. The number of anilines is 1. The van der Waals surface area contributed by atoms with Crippen molar-refractivity contribution in [2.24, 2.45) is 10.6 Å². The Morgan fingerprint density at radius 1 is 1.13 bits per heavy atom. The molecule has 0 unspecified atom stereocenters. The van der Waals surface area contributed by atoms with Gasteiger partial charge in [-0.1, -0.05) is 26.0 Å². The molecule has 0 aromatic heterocycles. The molecular formula is C22H29N3O4S2. The zero-order chi connectivity index (χ0) is 23.2. The molecule has 0 heterocycles. The van der Waals surface area contributed by atoms with E-state index in [1.165, 1.54) is 24.3 Å². The summed E-state index contributed by atoms with van der Waals surface area (Å²) >= 11 is 5.20. The Hall–Kier alpha value is -2.49. The van der Waals surface area contributed by atoms with Crippen molar-refractivity contribution in [2.75, 3.05) is 11.9 Å². The third kappa shape index (κ3) is 7.61. The van der Waals surface area contributed by atoms with Gasteiger partial charge in [0, 0.05) is 11.1 Å². The average Bonchev–Trinajstić information content (AvgIpc) is 2.67. The summed E-state index contributed by atoms with van der Waals surface area (Å²) in [5.41, 5.74) is 2.11. The number of carbonyl (C=O) groups is 1. The highest BCUT2D eigenvalue weighted by atomic mass is 32.2. The molecule has 0 aliphatic carbocycles. The predicted octanol–water partition coefficient (Wildman–Crippen LogP) is 3.65. The van der Waals surface area contributed by atoms with Crippen LogP contribution >= 0.6 is 12.2 Å². The summed E-state index contributed by atoms with van der Waals surface area (Å²) < 4.78 is 28.5. The number of ether oxygens (including phenoxy) is 1. The molecule has 2 rings (SSSR count). The molecule has 0 saturated carbocycles. The van der Waals surface area contributed by atoms with E-state index in [1.807, 2.05) is 45.9 Å². The van der Waals surface area contributed by atoms with Gasteiger partial charge in [0.05, 0.1) is 11.5 Å². The zero-order valence-electron chi connectivity index (χ0n) is 18.2. The number of thiocarbonyl (C=S) groups is 1. The minimum absolute atomic E-state index is 0.00258. The third-order valence-electron chi connectivity index (χ3n) is 4.83. The molecular weight excluding hydrogens is 434 g/mol. The van der Waals surface area contributed by atoms with E-state index in [-0.39, 0.29) is 15.9 Å². The number of carbonyl (C=O) groups excluding carboxylic acids is 1. The quantitative estimate of drug-likeness (QED) is 0.407. The molecule has 0 bridgehead atoms. The standard InChI is InChI=1S/C22H29N3O4S2/c1-15-6-7-16(2)19(14-15)29-13-5-12-22(3,4)20(26)25-21(30)24-17-8-10-18(11-9-17)31(23,27)28/h6-11,14H,5,12-13H2,1-4H3,(H2,23,27,28)(H2,24,25,26,30). The van der Waals surface area contributed by atoms with Gasteiger partial charge in [-0.15, -0.1) is 0 Å². The van der Waals surface area contributed by atoms with Crippen LogP contribution in [0.2, 0.25) is 0 Å². The second kappa shape index (κ2) is 10.2. The predicted molar refractivity (Wildman–Crippen MR) is 127 cm³/mol. The van der Waals surface area contributed by atoms with Gasteiger partial charge >= 0.3 is 0 Å². The Labute approximate surface area is 189 Å². The van der Waals surface area contributed by atoms with E-state index < -0.39 is 15.4 Å². The number of benzene rings is 2. The van der Waals surface area contributed by atoms with Gasteiger partial charge in [0.2, 0.25) is 15.9 Å². The molecule has 4 N–H and O–H groups in total. The monoisotopic (exact) mass is 463 g/mol. The van der Waals surface area contributed by atoms with Crippen molar-refractivity contribution in [2.45, 2.75) is 45.4 Å². The first-order chi connectivity index (χ1) is 14.4. The van der Waals surface area contributed by atoms with E-state index in [1.54, 1.807) is 0 Å². The smallest absolute Gasteiger partial charge is 0.238 e. The Bertz CT molecular complexity index is 1050. The van der Waals surface area contributed by atoms with E-state index in [0.29, 0.717) is 25.1 Å². The summed E-state index contributed by atoms with van der Waals surface area (Å²) in [6.45, 7) is 8.24. The molecule has 0 atom stereocenters. The van der Waals surface area contributed by atoms with Crippen LogP contribution in [-0.2, 0) is 14.8 Å². The van der Waals surface area contributed by atoms with Gasteiger partial charge in [0.25, 0.3) is 0 Å². The highest BCUT2D eigenvalue weighted by Crippen LogP contribution is 2.24. The average molecular weight is 464 g/mol. The van der Waals surface area contributed by atoms with Crippen molar-refractivity contribution in [1.82, 2.24) is 5.32 Å². The maximum Gasteiger partial charge on any atom is 0.238 e. The first-order valence-electron chi connectivity index (χ1n) is 9.84. The number of primary sulfonamides is 1. The highest BCUT2D eigenvalue weighted by Gasteiger charge is 2.27. The number of nitrogens with one attached hydrogen (secondary N) is 2. The summed E-state index contributed by atoms with van der Waals surface area (Å²) in [6, 6.07) is 11.8. The van der Waals surface area contributed by atoms with Gasteiger partial charge in [-0.25, -0.2) is 13.6 Å². The van der Waals surface area contributed by atoms with E-state index in [2.05, 4.69) is 10.6 Å². The molecule has 0 saturated heterocycles. The van der Waals surface area contributed by atoms with Crippen LogP contribution in [0.25, 0.3) is 0 Å². The number of sulfonamides is 1. The normalized spacial score (nSPS) is 11.6. The lowest BCUT2D eigenvalue weighted by molar-refractivity contribution is -0.128. The molecule has 2 aromatic carbocycles. The Balaban J connectivity index is 1.82. The van der Waals surface area contributed by atoms with Crippen molar-refractivity contribution < 1.29 is 17.9 Å². The molecule has 2 aromatic rings. The second-order valence-electron chi connectivity index (χ2n) is 8.08. The summed E-state index contributed by atoms with van der Waals surface area (Å²) in [4.78, 5) is 12.6. The Morgan fingerprint density at radius 3 is 2.39 bits per heavy atom. The molecule has 0 spiro atoms. The van der Waals surface area contributed by atoms with E-state index in [4.69, 9.17) is 22.1 Å². The number of rotatable bonds is 8. The van der Waals surface area contributed by atoms with Gasteiger partial charge < -0.3 is 15.4 Å². The first kappa shape index (κ1) is 24.8. The number of amides is 1. The SMILES string of the molecule is Cc1ccc(C)c(OCCCC(C)(C)C(=O)NC(=S)Nc2ccc(S(N)(=O)=O)cc2)c1. The van der Waals surface area contributed by atoms with Gasteiger partial charge in [-0.05, 0) is 80.4 Å². The van der Waals surface area contributed by atoms with Gasteiger partial charge in [-0.2, -0.15) is 0 Å². The maximum absolute atomic E-state index is 12.6. The lowest BCUT2D eigenvalue weighted by atomic mass is 9.87. The van der Waals surface area contributed by atoms with Gasteiger partial charge in [0.1, 0.15) is 5.75 Å². The third-order valence-corrected chi connectivity index (χ3v) is 5.96. The minimum Gasteiger partial charge on any atom is -0.493 e.